The molecule has 0 saturated carbocycles. The van der Waals surface area contributed by atoms with Gasteiger partial charge in [-0.15, -0.1) is 0 Å². The number of aromatic hydroxyl groups is 3. The second-order valence-electron chi connectivity index (χ2n) is 9.77. The van der Waals surface area contributed by atoms with Crippen LogP contribution >= 0.6 is 11.6 Å². The summed E-state index contributed by atoms with van der Waals surface area (Å²) in [6, 6.07) is 18.1. The molecule has 14 heteroatoms. The van der Waals surface area contributed by atoms with Crippen LogP contribution in [0, 0.1) is 0 Å². The van der Waals surface area contributed by atoms with Gasteiger partial charge in [-0.3, -0.25) is 0 Å². The summed E-state index contributed by atoms with van der Waals surface area (Å²) in [6.07, 6.45) is 0. The Kier molecular flexibility index (Phi) is 5.93. The zero-order valence-electron chi connectivity index (χ0n) is 22.1. The van der Waals surface area contributed by atoms with E-state index in [9.17, 15) is 30.0 Å². The third-order valence-electron chi connectivity index (χ3n) is 7.17. The summed E-state index contributed by atoms with van der Waals surface area (Å²) in [6.45, 7) is 0. The number of carboxylic acid groups (broad SMARTS) is 1. The summed E-state index contributed by atoms with van der Waals surface area (Å²) in [5.41, 5.74) is 0.128. The first-order valence-electron chi connectivity index (χ1n) is 12.9. The van der Waals surface area contributed by atoms with E-state index < -0.39 is 23.3 Å². The van der Waals surface area contributed by atoms with E-state index in [-0.39, 0.29) is 57.1 Å². The maximum absolute atomic E-state index is 13.1. The van der Waals surface area contributed by atoms with Crippen molar-refractivity contribution >= 4 is 46.8 Å². The molecule has 3 heterocycles. The molecular weight excluding hydrogens is 594 g/mol. The molecule has 5 aromatic rings. The summed E-state index contributed by atoms with van der Waals surface area (Å²) < 4.78 is 12.3. The van der Waals surface area contributed by atoms with E-state index in [0.29, 0.717) is 22.3 Å². The average Bonchev–Trinajstić information content (AvgIpc) is 3.27. The van der Waals surface area contributed by atoms with Crippen LogP contribution in [0.2, 0.25) is 5.28 Å². The number of phenolic OH excluding ortho intramolecular Hbond substituents is 2. The maximum Gasteiger partial charge on any atom is 0.340 e. The maximum atomic E-state index is 13.1. The molecule has 0 amide bonds. The third kappa shape index (κ3) is 4.14. The number of carbonyl (C=O) groups is 2. The second kappa shape index (κ2) is 9.74. The Hall–Kier alpha value is -6.08. The van der Waals surface area contributed by atoms with E-state index in [1.807, 2.05) is 0 Å². The van der Waals surface area contributed by atoms with Crippen LogP contribution < -0.4 is 15.4 Å². The molecule has 0 aliphatic carbocycles. The number of fused-ring (bicyclic) bond motifs is 6. The first-order valence-corrected chi connectivity index (χ1v) is 13.2. The molecule has 13 nitrogen and oxygen atoms in total. The molecule has 1 atom stereocenters. The fourth-order valence-electron chi connectivity index (χ4n) is 5.32. The number of rotatable bonds is 5. The van der Waals surface area contributed by atoms with Crippen LogP contribution in [0.5, 0.6) is 28.7 Å². The average molecular weight is 612 g/mol. The van der Waals surface area contributed by atoms with Crippen LogP contribution in [-0.2, 0) is 10.3 Å². The number of halogens is 1. The van der Waals surface area contributed by atoms with Crippen LogP contribution in [0.4, 0.5) is 23.3 Å². The Morgan fingerprint density at radius 3 is 2.34 bits per heavy atom. The van der Waals surface area contributed by atoms with Crippen molar-refractivity contribution in [3.63, 3.8) is 0 Å². The summed E-state index contributed by atoms with van der Waals surface area (Å²) in [5, 5.41) is 45.8. The fraction of sp³-hybridized carbons (Fsp3) is 0.0333. The van der Waals surface area contributed by atoms with Crippen LogP contribution in [0.25, 0.3) is 0 Å². The quantitative estimate of drug-likeness (QED) is 0.0840. The van der Waals surface area contributed by atoms with Crippen LogP contribution in [0.15, 0.2) is 72.8 Å². The van der Waals surface area contributed by atoms with Gasteiger partial charge in [-0.2, -0.15) is 15.0 Å². The number of nitrogens with zero attached hydrogens (tertiary/aromatic N) is 3. The lowest BCUT2D eigenvalue weighted by Crippen LogP contribution is -2.33. The second-order valence-corrected chi connectivity index (χ2v) is 10.1. The Morgan fingerprint density at radius 1 is 0.818 bits per heavy atom. The minimum Gasteiger partial charge on any atom is -0.508 e. The lowest BCUT2D eigenvalue weighted by molar-refractivity contribution is 0.0224. The molecule has 2 aliphatic rings. The van der Waals surface area contributed by atoms with Crippen LogP contribution in [-0.4, -0.2) is 47.3 Å². The molecule has 1 aromatic heterocycles. The standard InChI is InChI=1S/C30H18ClN5O8/c31-27-34-28(32-13-5-9-20(38)16(11-13)25(40)41)36-29(35-27)33-23-21(39)10-8-19-24(23)43-22-12-14(37)6-7-18(22)30(19)17-4-2-1-3-15(17)26(42)44-30/h1-12,37-39H,(H,40,41)(H2,32,33,34,35,36). The van der Waals surface area contributed by atoms with E-state index in [4.69, 9.17) is 21.1 Å². The van der Waals surface area contributed by atoms with Crippen LogP contribution in [0.3, 0.4) is 0 Å². The van der Waals surface area contributed by atoms with Crippen molar-refractivity contribution in [3.8, 4) is 28.7 Å². The lowest BCUT2D eigenvalue weighted by Gasteiger charge is -2.37. The number of carbonyl (C=O) groups excluding carboxylic acids is 1. The zero-order chi connectivity index (χ0) is 30.7. The molecule has 1 spiro atoms. The SMILES string of the molecule is O=C(O)c1cc(Nc2nc(Cl)nc(Nc3c(O)ccc4c3Oc3cc(O)ccc3C43OC(=O)c4ccccc43)n2)ccc1O. The number of anilines is 4. The first-order chi connectivity index (χ1) is 21.1. The number of aromatic nitrogens is 3. The molecule has 0 fully saturated rings. The number of hydrogen-bond acceptors (Lipinski definition) is 12. The zero-order valence-corrected chi connectivity index (χ0v) is 22.8. The number of phenols is 3. The number of hydrogen-bond donors (Lipinski definition) is 6. The minimum absolute atomic E-state index is 0.0117. The smallest absolute Gasteiger partial charge is 0.340 e. The molecule has 0 radical (unpaired) electrons. The molecule has 4 aromatic carbocycles. The van der Waals surface area contributed by atoms with E-state index in [2.05, 4.69) is 25.6 Å². The topological polar surface area (TPSA) is 196 Å². The van der Waals surface area contributed by atoms with Crippen molar-refractivity contribution in [2.24, 2.45) is 0 Å². The highest BCUT2D eigenvalue weighted by atomic mass is 35.5. The molecule has 1 unspecified atom stereocenters. The van der Waals surface area contributed by atoms with Gasteiger partial charge in [0.15, 0.2) is 11.4 Å². The predicted octanol–water partition coefficient (Wildman–Crippen LogP) is 5.40. The first kappa shape index (κ1) is 26.8. The minimum atomic E-state index is -1.47. The molecular formula is C30H18ClN5O8. The van der Waals surface area contributed by atoms with Gasteiger partial charge in [0.05, 0.1) is 11.1 Å². The van der Waals surface area contributed by atoms with Crippen molar-refractivity contribution in [2.75, 3.05) is 10.6 Å². The third-order valence-corrected chi connectivity index (χ3v) is 7.34. The van der Waals surface area contributed by atoms with E-state index in [0.717, 1.165) is 0 Å². The number of nitrogens with one attached hydrogen (secondary N) is 2. The van der Waals surface area contributed by atoms with Crippen molar-refractivity contribution in [3.05, 3.63) is 106 Å². The molecule has 0 bridgehead atoms. The monoisotopic (exact) mass is 611 g/mol. The Morgan fingerprint density at radius 2 is 1.55 bits per heavy atom. The molecule has 0 saturated heterocycles. The van der Waals surface area contributed by atoms with Crippen LogP contribution in [0.1, 0.15) is 37.4 Å². The van der Waals surface area contributed by atoms with E-state index in [1.165, 1.54) is 36.4 Å². The molecule has 44 heavy (non-hydrogen) atoms. The number of aromatic carboxylic acids is 1. The van der Waals surface area contributed by atoms with Crippen molar-refractivity contribution in [2.45, 2.75) is 5.60 Å². The lowest BCUT2D eigenvalue weighted by atomic mass is 9.77. The number of esters is 1. The van der Waals surface area contributed by atoms with Gasteiger partial charge in [-0.1, -0.05) is 18.2 Å². The van der Waals surface area contributed by atoms with Gasteiger partial charge in [0.1, 0.15) is 34.2 Å². The van der Waals surface area contributed by atoms with Gasteiger partial charge in [0.25, 0.3) is 0 Å². The van der Waals surface area contributed by atoms with Crippen molar-refractivity contribution < 1.29 is 39.5 Å². The Bertz CT molecular complexity index is 2060. The van der Waals surface area contributed by atoms with Gasteiger partial charge in [0, 0.05) is 22.9 Å². The normalized spacial score (nSPS) is 15.9. The van der Waals surface area contributed by atoms with E-state index >= 15 is 0 Å². The van der Waals surface area contributed by atoms with Gasteiger partial charge < -0.3 is 40.5 Å². The summed E-state index contributed by atoms with van der Waals surface area (Å²) in [7, 11) is 0. The molecule has 7 rings (SSSR count). The van der Waals surface area contributed by atoms with Gasteiger partial charge >= 0.3 is 11.9 Å². The number of ether oxygens (including phenoxy) is 2. The highest BCUT2D eigenvalue weighted by molar-refractivity contribution is 6.28. The summed E-state index contributed by atoms with van der Waals surface area (Å²) in [5.74, 6) is -2.71. The van der Waals surface area contributed by atoms with Crippen molar-refractivity contribution in [1.29, 1.82) is 0 Å². The summed E-state index contributed by atoms with van der Waals surface area (Å²) in [4.78, 5) is 36.9. The largest absolute Gasteiger partial charge is 0.508 e. The van der Waals surface area contributed by atoms with Gasteiger partial charge in [-0.05, 0) is 60.1 Å². The molecule has 6 N–H and O–H groups in total. The number of carboxylic acids is 1. The van der Waals surface area contributed by atoms with Gasteiger partial charge in [-0.25, -0.2) is 9.59 Å². The van der Waals surface area contributed by atoms with Gasteiger partial charge in [0.2, 0.25) is 17.2 Å². The highest BCUT2D eigenvalue weighted by Gasteiger charge is 2.54. The molecule has 218 valence electrons. The fourth-order valence-corrected chi connectivity index (χ4v) is 5.48. The Labute approximate surface area is 252 Å². The predicted molar refractivity (Wildman–Crippen MR) is 154 cm³/mol. The number of benzene rings is 4. The molecule has 2 aliphatic heterocycles. The highest BCUT2D eigenvalue weighted by Crippen LogP contribution is 2.59. The van der Waals surface area contributed by atoms with Crippen molar-refractivity contribution in [1.82, 2.24) is 15.0 Å². The summed E-state index contributed by atoms with van der Waals surface area (Å²) >= 11 is 6.17. The Balaban J connectivity index is 1.34. The van der Waals surface area contributed by atoms with E-state index in [1.54, 1.807) is 36.4 Å².